The second-order valence-corrected chi connectivity index (χ2v) is 6.83. The Hall–Kier alpha value is 0.160. The Morgan fingerprint density at radius 1 is 1.36 bits per heavy atom. The van der Waals surface area contributed by atoms with Gasteiger partial charge in [-0.25, -0.2) is 8.42 Å². The smallest absolute Gasteiger partial charge is 0.235 e. The van der Waals surface area contributed by atoms with Crippen LogP contribution in [-0.2, 0) is 18.5 Å². The molecule has 2 fully saturated rings. The fourth-order valence-electron chi connectivity index (χ4n) is 2.09. The molecule has 2 heterocycles. The van der Waals surface area contributed by atoms with E-state index in [1.807, 2.05) is 0 Å². The van der Waals surface area contributed by atoms with E-state index in [2.05, 4.69) is 0 Å². The Kier molecular flexibility index (Phi) is 2.76. The van der Waals surface area contributed by atoms with E-state index in [-0.39, 0.29) is 5.60 Å². The fourth-order valence-corrected chi connectivity index (χ4v) is 3.42. The lowest BCUT2D eigenvalue weighted by Crippen LogP contribution is -2.44. The number of hydrogen-bond donors (Lipinski definition) is 0. The van der Waals surface area contributed by atoms with Gasteiger partial charge < -0.3 is 9.47 Å². The summed E-state index contributed by atoms with van der Waals surface area (Å²) in [6, 6.07) is 0. The molecule has 2 unspecified atom stereocenters. The van der Waals surface area contributed by atoms with Crippen LogP contribution < -0.4 is 0 Å². The van der Waals surface area contributed by atoms with E-state index in [1.54, 1.807) is 0 Å². The van der Waals surface area contributed by atoms with Crippen molar-refractivity contribution in [1.29, 1.82) is 0 Å². The molecular formula is C8H13ClO4S. The van der Waals surface area contributed by atoms with E-state index < -0.39 is 14.3 Å². The third-order valence-electron chi connectivity index (χ3n) is 2.91. The Morgan fingerprint density at radius 3 is 2.71 bits per heavy atom. The highest BCUT2D eigenvalue weighted by molar-refractivity contribution is 8.14. The number of halogens is 1. The van der Waals surface area contributed by atoms with Crippen molar-refractivity contribution in [3.05, 3.63) is 0 Å². The quantitative estimate of drug-likeness (QED) is 0.639. The zero-order valence-electron chi connectivity index (χ0n) is 7.74. The van der Waals surface area contributed by atoms with Crippen LogP contribution in [0.25, 0.3) is 0 Å². The topological polar surface area (TPSA) is 52.6 Å². The second-order valence-electron chi connectivity index (χ2n) is 3.92. The summed E-state index contributed by atoms with van der Waals surface area (Å²) in [6.07, 6.45) is 1.74. The van der Waals surface area contributed by atoms with Gasteiger partial charge in [-0.2, -0.15) is 0 Å². The zero-order chi connectivity index (χ0) is 10.2. The highest BCUT2D eigenvalue weighted by Gasteiger charge is 2.44. The maximum absolute atomic E-state index is 11.2. The third kappa shape index (κ3) is 2.05. The molecule has 2 aliphatic heterocycles. The molecule has 2 saturated heterocycles. The van der Waals surface area contributed by atoms with Crippen LogP contribution in [0.4, 0.5) is 0 Å². The molecule has 82 valence electrons. The highest BCUT2D eigenvalue weighted by atomic mass is 35.7. The molecule has 2 atom stereocenters. The van der Waals surface area contributed by atoms with Gasteiger partial charge in [0.15, 0.2) is 0 Å². The van der Waals surface area contributed by atoms with Gasteiger partial charge in [0.1, 0.15) is 0 Å². The lowest BCUT2D eigenvalue weighted by Gasteiger charge is -2.35. The van der Waals surface area contributed by atoms with Gasteiger partial charge in [0.25, 0.3) is 0 Å². The van der Waals surface area contributed by atoms with Crippen molar-refractivity contribution in [2.45, 2.75) is 30.1 Å². The van der Waals surface area contributed by atoms with Crippen molar-refractivity contribution in [2.75, 3.05) is 19.8 Å². The standard InChI is InChI=1S/C8H13ClO4S/c9-14(10,11)7-1-3-13-8(5-7)2-4-12-6-8/h7H,1-6H2. The number of rotatable bonds is 1. The monoisotopic (exact) mass is 240 g/mol. The van der Waals surface area contributed by atoms with E-state index >= 15 is 0 Å². The molecular weight excluding hydrogens is 228 g/mol. The summed E-state index contributed by atoms with van der Waals surface area (Å²) in [6.45, 7) is 1.60. The predicted molar refractivity (Wildman–Crippen MR) is 51.9 cm³/mol. The van der Waals surface area contributed by atoms with E-state index in [0.717, 1.165) is 6.42 Å². The van der Waals surface area contributed by atoms with E-state index in [4.69, 9.17) is 20.2 Å². The van der Waals surface area contributed by atoms with Crippen LogP contribution in [0.3, 0.4) is 0 Å². The van der Waals surface area contributed by atoms with Crippen LogP contribution in [0.1, 0.15) is 19.3 Å². The molecule has 4 nitrogen and oxygen atoms in total. The summed E-state index contributed by atoms with van der Waals surface area (Å²) in [4.78, 5) is 0. The zero-order valence-corrected chi connectivity index (χ0v) is 9.31. The fraction of sp³-hybridized carbons (Fsp3) is 1.00. The Morgan fingerprint density at radius 2 is 2.14 bits per heavy atom. The minimum atomic E-state index is -3.45. The highest BCUT2D eigenvalue weighted by Crippen LogP contribution is 2.36. The van der Waals surface area contributed by atoms with Crippen molar-refractivity contribution in [3.8, 4) is 0 Å². The van der Waals surface area contributed by atoms with Crippen LogP contribution in [0.5, 0.6) is 0 Å². The van der Waals surface area contributed by atoms with E-state index in [1.165, 1.54) is 0 Å². The van der Waals surface area contributed by atoms with Gasteiger partial charge in [-0.15, -0.1) is 0 Å². The van der Waals surface area contributed by atoms with Crippen LogP contribution in [0, 0.1) is 0 Å². The average molecular weight is 241 g/mol. The van der Waals surface area contributed by atoms with Gasteiger partial charge in [-0.05, 0) is 12.8 Å². The van der Waals surface area contributed by atoms with Crippen molar-refractivity contribution in [1.82, 2.24) is 0 Å². The minimum absolute atomic E-state index is 0.384. The summed E-state index contributed by atoms with van der Waals surface area (Å²) < 4.78 is 33.2. The number of ether oxygens (including phenoxy) is 2. The van der Waals surface area contributed by atoms with Crippen LogP contribution in [0.15, 0.2) is 0 Å². The SMILES string of the molecule is O=S(=O)(Cl)C1CCOC2(CCOC2)C1. The van der Waals surface area contributed by atoms with Crippen LogP contribution in [0.2, 0.25) is 0 Å². The average Bonchev–Trinajstić information content (AvgIpc) is 2.52. The van der Waals surface area contributed by atoms with Crippen LogP contribution in [-0.4, -0.2) is 39.1 Å². The number of hydrogen-bond acceptors (Lipinski definition) is 4. The summed E-state index contributed by atoms with van der Waals surface area (Å²) in [5, 5.41) is -0.473. The molecule has 14 heavy (non-hydrogen) atoms. The van der Waals surface area contributed by atoms with Crippen LogP contribution >= 0.6 is 10.7 Å². The first-order valence-corrected chi connectivity index (χ1v) is 7.04. The summed E-state index contributed by atoms with van der Waals surface area (Å²) in [5.41, 5.74) is -0.384. The molecule has 0 radical (unpaired) electrons. The van der Waals surface area contributed by atoms with Gasteiger partial charge in [0, 0.05) is 30.3 Å². The third-order valence-corrected chi connectivity index (χ3v) is 4.87. The van der Waals surface area contributed by atoms with Crippen molar-refractivity contribution in [2.24, 2.45) is 0 Å². The molecule has 0 aromatic rings. The van der Waals surface area contributed by atoms with Gasteiger partial charge in [-0.1, -0.05) is 0 Å². The van der Waals surface area contributed by atoms with Crippen molar-refractivity contribution >= 4 is 19.7 Å². The normalized spacial score (nSPS) is 39.1. The maximum atomic E-state index is 11.2. The van der Waals surface area contributed by atoms with Gasteiger partial charge in [0.05, 0.1) is 17.5 Å². The summed E-state index contributed by atoms with van der Waals surface area (Å²) >= 11 is 0. The van der Waals surface area contributed by atoms with Crippen molar-refractivity contribution in [3.63, 3.8) is 0 Å². The first-order valence-electron chi connectivity index (χ1n) is 4.67. The van der Waals surface area contributed by atoms with Crippen molar-refractivity contribution < 1.29 is 17.9 Å². The van der Waals surface area contributed by atoms with E-state index in [9.17, 15) is 8.42 Å². The summed E-state index contributed by atoms with van der Waals surface area (Å²) in [7, 11) is 1.90. The first kappa shape index (κ1) is 10.7. The second kappa shape index (κ2) is 3.63. The van der Waals surface area contributed by atoms with E-state index in [0.29, 0.717) is 32.7 Å². The Bertz CT molecular complexity index is 307. The van der Waals surface area contributed by atoms with Gasteiger partial charge >= 0.3 is 0 Å². The summed E-state index contributed by atoms with van der Waals surface area (Å²) in [5.74, 6) is 0. The predicted octanol–water partition coefficient (Wildman–Crippen LogP) is 0.893. The molecule has 2 aliphatic rings. The van der Waals surface area contributed by atoms with Gasteiger partial charge in [-0.3, -0.25) is 0 Å². The molecule has 6 heteroatoms. The molecule has 0 bridgehead atoms. The molecule has 0 N–H and O–H groups in total. The molecule has 0 aliphatic carbocycles. The molecule has 1 spiro atoms. The lowest BCUT2D eigenvalue weighted by molar-refractivity contribution is -0.0776. The van der Waals surface area contributed by atoms with Gasteiger partial charge in [0.2, 0.25) is 9.05 Å². The Balaban J connectivity index is 2.11. The molecule has 0 aromatic carbocycles. The first-order chi connectivity index (χ1) is 6.52. The maximum Gasteiger partial charge on any atom is 0.235 e. The molecule has 0 amide bonds. The molecule has 0 saturated carbocycles. The lowest BCUT2D eigenvalue weighted by atomic mass is 9.93. The minimum Gasteiger partial charge on any atom is -0.378 e. The molecule has 2 rings (SSSR count). The largest absolute Gasteiger partial charge is 0.378 e. The molecule has 0 aromatic heterocycles. The Labute approximate surface area is 87.9 Å².